The number of amides is 1. The van der Waals surface area contributed by atoms with Crippen molar-refractivity contribution in [3.05, 3.63) is 83.9 Å². The Morgan fingerprint density at radius 1 is 1.00 bits per heavy atom. The van der Waals surface area contributed by atoms with Gasteiger partial charge in [0.05, 0.1) is 12.1 Å². The molecule has 1 heterocycles. The molecule has 0 spiro atoms. The second-order valence-corrected chi connectivity index (χ2v) is 6.95. The number of hydrogen-bond acceptors (Lipinski definition) is 3. The maximum absolute atomic E-state index is 13.2. The number of benzene rings is 2. The van der Waals surface area contributed by atoms with Crippen LogP contribution in [0.25, 0.3) is 5.69 Å². The molecule has 0 radical (unpaired) electrons. The van der Waals surface area contributed by atoms with E-state index in [-0.39, 0.29) is 42.1 Å². The fourth-order valence-electron chi connectivity index (χ4n) is 3.06. The van der Waals surface area contributed by atoms with Gasteiger partial charge in [-0.3, -0.25) is 9.79 Å². The summed E-state index contributed by atoms with van der Waals surface area (Å²) in [5.41, 5.74) is 2.89. The van der Waals surface area contributed by atoms with Crippen LogP contribution in [0.4, 0.5) is 4.39 Å². The molecular formula is C23H28FIN6O. The van der Waals surface area contributed by atoms with Crippen molar-refractivity contribution in [2.45, 2.75) is 12.8 Å². The first-order valence-electron chi connectivity index (χ1n) is 10.2. The quantitative estimate of drug-likeness (QED) is 0.166. The molecule has 0 aliphatic heterocycles. The second-order valence-electron chi connectivity index (χ2n) is 6.95. The van der Waals surface area contributed by atoms with Crippen LogP contribution in [0.15, 0.2) is 72.0 Å². The lowest BCUT2D eigenvalue weighted by atomic mass is 10.1. The number of nitrogens with one attached hydrogen (secondary N) is 3. The molecule has 0 saturated carbocycles. The normalized spacial score (nSPS) is 10.9. The van der Waals surface area contributed by atoms with E-state index in [0.717, 1.165) is 18.7 Å². The van der Waals surface area contributed by atoms with E-state index >= 15 is 0 Å². The van der Waals surface area contributed by atoms with Crippen LogP contribution in [0.5, 0.6) is 0 Å². The van der Waals surface area contributed by atoms with Gasteiger partial charge in [-0.25, -0.2) is 9.07 Å². The Hall–Kier alpha value is -2.95. The van der Waals surface area contributed by atoms with Gasteiger partial charge in [-0.2, -0.15) is 5.10 Å². The first kappa shape index (κ1) is 25.3. The van der Waals surface area contributed by atoms with Gasteiger partial charge in [0.2, 0.25) is 5.91 Å². The molecule has 3 N–H and O–H groups in total. The van der Waals surface area contributed by atoms with Crippen LogP contribution in [0.2, 0.25) is 0 Å². The number of carbonyl (C=O) groups is 1. The van der Waals surface area contributed by atoms with Gasteiger partial charge in [0.25, 0.3) is 0 Å². The minimum atomic E-state index is -0.337. The zero-order valence-corrected chi connectivity index (χ0v) is 20.3. The lowest BCUT2D eigenvalue weighted by Gasteiger charge is -2.12. The third-order valence-corrected chi connectivity index (χ3v) is 4.63. The Morgan fingerprint density at radius 3 is 2.44 bits per heavy atom. The zero-order chi connectivity index (χ0) is 21.9. The van der Waals surface area contributed by atoms with Crippen LogP contribution in [0.1, 0.15) is 11.1 Å². The van der Waals surface area contributed by atoms with Gasteiger partial charge < -0.3 is 16.0 Å². The van der Waals surface area contributed by atoms with E-state index in [9.17, 15) is 9.18 Å². The lowest BCUT2D eigenvalue weighted by molar-refractivity contribution is -0.120. The van der Waals surface area contributed by atoms with E-state index in [4.69, 9.17) is 0 Å². The Bertz CT molecular complexity index is 992. The van der Waals surface area contributed by atoms with Crippen molar-refractivity contribution >= 4 is 35.8 Å². The van der Waals surface area contributed by atoms with Crippen molar-refractivity contribution in [3.63, 3.8) is 0 Å². The van der Waals surface area contributed by atoms with E-state index < -0.39 is 0 Å². The molecule has 3 aromatic rings. The number of halogens is 2. The molecule has 1 amide bonds. The molecule has 2 aromatic carbocycles. The molecule has 9 heteroatoms. The molecule has 3 rings (SSSR count). The average Bonchev–Trinajstić information content (AvgIpc) is 3.31. The van der Waals surface area contributed by atoms with Crippen LogP contribution < -0.4 is 16.0 Å². The summed E-state index contributed by atoms with van der Waals surface area (Å²) in [5, 5.41) is 13.5. The fraction of sp³-hybridized carbons (Fsp3) is 0.261. The SMILES string of the molecule is CN=C(NCCNC(=O)Cc1cccc(F)c1)NCCc1ccc(-n2cccn2)cc1.I. The van der Waals surface area contributed by atoms with E-state index in [0.29, 0.717) is 24.6 Å². The Labute approximate surface area is 204 Å². The highest BCUT2D eigenvalue weighted by molar-refractivity contribution is 14.0. The summed E-state index contributed by atoms with van der Waals surface area (Å²) >= 11 is 0. The monoisotopic (exact) mass is 550 g/mol. The lowest BCUT2D eigenvalue weighted by Crippen LogP contribution is -2.42. The van der Waals surface area contributed by atoms with Crippen LogP contribution in [-0.4, -0.2) is 48.3 Å². The maximum Gasteiger partial charge on any atom is 0.224 e. The minimum absolute atomic E-state index is 0. The molecule has 170 valence electrons. The predicted molar refractivity (Wildman–Crippen MR) is 135 cm³/mol. The van der Waals surface area contributed by atoms with E-state index in [1.165, 1.54) is 17.7 Å². The number of rotatable bonds is 9. The molecule has 32 heavy (non-hydrogen) atoms. The van der Waals surface area contributed by atoms with Gasteiger partial charge >= 0.3 is 0 Å². The molecule has 0 bridgehead atoms. The highest BCUT2D eigenvalue weighted by atomic mass is 127. The van der Waals surface area contributed by atoms with Crippen molar-refractivity contribution in [3.8, 4) is 5.69 Å². The van der Waals surface area contributed by atoms with E-state index in [1.54, 1.807) is 25.4 Å². The summed E-state index contributed by atoms with van der Waals surface area (Å²) in [6.07, 6.45) is 4.68. The van der Waals surface area contributed by atoms with Crippen molar-refractivity contribution in [1.82, 2.24) is 25.7 Å². The van der Waals surface area contributed by atoms with Gasteiger partial charge in [-0.1, -0.05) is 24.3 Å². The summed E-state index contributed by atoms with van der Waals surface area (Å²) in [7, 11) is 1.71. The van der Waals surface area contributed by atoms with Crippen molar-refractivity contribution in [2.24, 2.45) is 4.99 Å². The van der Waals surface area contributed by atoms with Gasteiger partial charge in [0.1, 0.15) is 5.82 Å². The number of aliphatic imine (C=N–C) groups is 1. The predicted octanol–water partition coefficient (Wildman–Crippen LogP) is 2.70. The molecular weight excluding hydrogens is 522 g/mol. The van der Waals surface area contributed by atoms with E-state index in [2.05, 4.69) is 38.2 Å². The van der Waals surface area contributed by atoms with Crippen LogP contribution in [-0.2, 0) is 17.6 Å². The number of carbonyl (C=O) groups excluding carboxylic acids is 1. The topological polar surface area (TPSA) is 83.3 Å². The summed E-state index contributed by atoms with van der Waals surface area (Å²) in [6.45, 7) is 1.71. The highest BCUT2D eigenvalue weighted by Crippen LogP contribution is 2.08. The Morgan fingerprint density at radius 2 is 1.75 bits per heavy atom. The molecule has 0 aliphatic carbocycles. The molecule has 0 unspecified atom stereocenters. The second kappa shape index (κ2) is 13.5. The highest BCUT2D eigenvalue weighted by Gasteiger charge is 2.04. The Balaban J connectivity index is 0.00000363. The minimum Gasteiger partial charge on any atom is -0.356 e. The van der Waals surface area contributed by atoms with Crippen molar-refractivity contribution in [2.75, 3.05) is 26.7 Å². The molecule has 0 atom stereocenters. The van der Waals surface area contributed by atoms with Gasteiger partial charge in [-0.05, 0) is 47.9 Å². The van der Waals surface area contributed by atoms with Crippen LogP contribution in [0.3, 0.4) is 0 Å². The number of aromatic nitrogens is 2. The van der Waals surface area contributed by atoms with Crippen LogP contribution >= 0.6 is 24.0 Å². The van der Waals surface area contributed by atoms with Gasteiger partial charge in [-0.15, -0.1) is 24.0 Å². The van der Waals surface area contributed by atoms with Gasteiger partial charge in [0.15, 0.2) is 5.96 Å². The first-order chi connectivity index (χ1) is 15.1. The summed E-state index contributed by atoms with van der Waals surface area (Å²) < 4.78 is 15.0. The number of guanidine groups is 1. The average molecular weight is 550 g/mol. The fourth-order valence-corrected chi connectivity index (χ4v) is 3.06. The largest absolute Gasteiger partial charge is 0.356 e. The number of nitrogens with zero attached hydrogens (tertiary/aromatic N) is 3. The summed E-state index contributed by atoms with van der Waals surface area (Å²) in [4.78, 5) is 16.1. The molecule has 7 nitrogen and oxygen atoms in total. The molecule has 0 fully saturated rings. The third-order valence-electron chi connectivity index (χ3n) is 4.63. The molecule has 0 saturated heterocycles. The zero-order valence-electron chi connectivity index (χ0n) is 17.9. The first-order valence-corrected chi connectivity index (χ1v) is 10.2. The molecule has 0 aliphatic rings. The molecule has 1 aromatic heterocycles. The summed E-state index contributed by atoms with van der Waals surface area (Å²) in [5.74, 6) is 0.192. The van der Waals surface area contributed by atoms with Crippen LogP contribution in [0, 0.1) is 5.82 Å². The van der Waals surface area contributed by atoms with Crippen molar-refractivity contribution in [1.29, 1.82) is 0 Å². The van der Waals surface area contributed by atoms with E-state index in [1.807, 2.05) is 29.1 Å². The number of hydrogen-bond donors (Lipinski definition) is 3. The summed E-state index contributed by atoms with van der Waals surface area (Å²) in [6, 6.07) is 16.2. The van der Waals surface area contributed by atoms with Gasteiger partial charge in [0, 0.05) is 39.1 Å². The van der Waals surface area contributed by atoms with Crippen molar-refractivity contribution < 1.29 is 9.18 Å². The Kier molecular flexibility index (Phi) is 10.6. The smallest absolute Gasteiger partial charge is 0.224 e. The standard InChI is InChI=1S/C23H27FN6O.HI/c1-25-23(28-14-13-26-22(31)17-19-4-2-5-20(24)16-19)27-12-10-18-6-8-21(9-7-18)30-15-3-11-29-30;/h2-9,11,15-16H,10,12-14,17H2,1H3,(H,26,31)(H2,25,27,28);1H. The third kappa shape index (κ3) is 8.29. The maximum atomic E-state index is 13.2.